The van der Waals surface area contributed by atoms with Crippen LogP contribution in [0.25, 0.3) is 6.08 Å². The maximum Gasteiger partial charge on any atom is 0.408 e. The summed E-state index contributed by atoms with van der Waals surface area (Å²) in [6.07, 6.45) is 1.37. The van der Waals surface area contributed by atoms with Crippen molar-refractivity contribution >= 4 is 36.0 Å². The van der Waals surface area contributed by atoms with Gasteiger partial charge in [-0.3, -0.25) is 19.4 Å². The molecule has 3 saturated heterocycles. The molecule has 0 aliphatic carbocycles. The van der Waals surface area contributed by atoms with E-state index < -0.39 is 102 Å². The van der Waals surface area contributed by atoms with Crippen LogP contribution in [0.3, 0.4) is 0 Å². The largest absolute Gasteiger partial charge is 0.461 e. The number of ketones is 1. The zero-order chi connectivity index (χ0) is 45.4. The van der Waals surface area contributed by atoms with E-state index in [4.69, 9.17) is 28.4 Å². The van der Waals surface area contributed by atoms with Crippen LogP contribution in [0.15, 0.2) is 42.6 Å². The number of aromatic nitrogens is 1. The Labute approximate surface area is 360 Å². The number of carbonyl (C=O) groups is 5. The topological polar surface area (TPSA) is 201 Å². The molecule has 4 heterocycles. The van der Waals surface area contributed by atoms with Gasteiger partial charge in [0.2, 0.25) is 0 Å². The van der Waals surface area contributed by atoms with Crippen LogP contribution in [0.2, 0.25) is 0 Å². The van der Waals surface area contributed by atoms with Crippen LogP contribution in [-0.2, 0) is 42.8 Å². The van der Waals surface area contributed by atoms with Crippen molar-refractivity contribution in [2.24, 2.45) is 29.6 Å². The van der Waals surface area contributed by atoms with Gasteiger partial charge in [-0.2, -0.15) is 0 Å². The number of carbonyl (C=O) groups excluding carboxylic acids is 5. The van der Waals surface area contributed by atoms with Gasteiger partial charge in [0, 0.05) is 36.5 Å². The molecule has 2 amide bonds. The normalized spacial score (nSPS) is 36.5. The standard InChI is InChI=1S/C45H68N4O12/c1-13-33-45(10)37(48-43(55)61-45)28(6)34(50)26(4)24-44(9,60-42(54)47-22-17-14-15-19-31-20-16-18-21-46-31)38(59-41-35(51)32(49(11)12)23-27(5)56-41)29(7)36(30(8)40(53)57-33)58-39(52)25(2)3/h14-21,25-30,32-33,35-38,41,51H,13,22-24H2,1-12H3,(H,47,54)(H,48,55)/b17-14+,19-15+/t26-,27-,28+,29+,30-,32+,33-,35-,36+,37-,38-,41+,44-,45-/m1/s1. The van der Waals surface area contributed by atoms with Crippen LogP contribution in [0.5, 0.6) is 0 Å². The van der Waals surface area contributed by atoms with Gasteiger partial charge in [0.25, 0.3) is 0 Å². The molecule has 0 saturated carbocycles. The Morgan fingerprint density at radius 3 is 2.41 bits per heavy atom. The summed E-state index contributed by atoms with van der Waals surface area (Å²) < 4.78 is 37.5. The number of nitrogens with zero attached hydrogens (tertiary/aromatic N) is 2. The number of likely N-dealkylation sites (N-methyl/N-ethyl adjacent to an activating group) is 1. The van der Waals surface area contributed by atoms with Crippen molar-refractivity contribution < 1.29 is 57.5 Å². The Morgan fingerprint density at radius 2 is 1.79 bits per heavy atom. The number of allylic oxidation sites excluding steroid dienone is 2. The number of amides is 2. The van der Waals surface area contributed by atoms with E-state index in [9.17, 15) is 29.1 Å². The van der Waals surface area contributed by atoms with Crippen molar-refractivity contribution in [3.05, 3.63) is 48.3 Å². The molecule has 0 unspecified atom stereocenters. The fourth-order valence-corrected chi connectivity index (χ4v) is 8.87. The van der Waals surface area contributed by atoms with Crippen LogP contribution in [0, 0.1) is 29.6 Å². The zero-order valence-corrected chi connectivity index (χ0v) is 37.8. The van der Waals surface area contributed by atoms with E-state index in [0.717, 1.165) is 5.69 Å². The minimum Gasteiger partial charge on any atom is -0.461 e. The number of fused-ring (bicyclic) bond motifs is 1. The molecule has 3 fully saturated rings. The summed E-state index contributed by atoms with van der Waals surface area (Å²) in [5.74, 6) is -6.07. The number of ether oxygens (including phenoxy) is 6. The van der Waals surface area contributed by atoms with Gasteiger partial charge >= 0.3 is 24.1 Å². The first kappa shape index (κ1) is 49.3. The van der Waals surface area contributed by atoms with Gasteiger partial charge in [-0.25, -0.2) is 9.59 Å². The number of hydrogen-bond donors (Lipinski definition) is 3. The lowest BCUT2D eigenvalue weighted by Gasteiger charge is -2.48. The van der Waals surface area contributed by atoms with Crippen molar-refractivity contribution in [1.29, 1.82) is 0 Å². The molecule has 3 N–H and O–H groups in total. The number of aliphatic hydroxyl groups is 1. The number of Topliss-reactive ketones (excluding diaryl/α,β-unsaturated/α-hetero) is 1. The van der Waals surface area contributed by atoms with E-state index in [0.29, 0.717) is 6.42 Å². The second-order valence-corrected chi connectivity index (χ2v) is 17.8. The second kappa shape index (κ2) is 21.1. The highest BCUT2D eigenvalue weighted by Crippen LogP contribution is 2.42. The van der Waals surface area contributed by atoms with Gasteiger partial charge in [0.05, 0.1) is 29.7 Å². The highest BCUT2D eigenvalue weighted by Gasteiger charge is 2.58. The molecule has 3 aliphatic heterocycles. The highest BCUT2D eigenvalue weighted by molar-refractivity contribution is 5.85. The van der Waals surface area contributed by atoms with E-state index >= 15 is 0 Å². The van der Waals surface area contributed by atoms with Gasteiger partial charge in [0.1, 0.15) is 35.8 Å². The first-order chi connectivity index (χ1) is 28.6. The van der Waals surface area contributed by atoms with Crippen molar-refractivity contribution in [1.82, 2.24) is 20.5 Å². The molecule has 61 heavy (non-hydrogen) atoms. The fraction of sp³-hybridized carbons (Fsp3) is 0.689. The molecule has 1 aromatic rings. The second-order valence-electron chi connectivity index (χ2n) is 17.8. The maximum atomic E-state index is 14.6. The number of nitrogens with one attached hydrogen (secondary N) is 2. The monoisotopic (exact) mass is 856 g/mol. The third-order valence-electron chi connectivity index (χ3n) is 12.3. The van der Waals surface area contributed by atoms with Gasteiger partial charge in [-0.15, -0.1) is 0 Å². The summed E-state index contributed by atoms with van der Waals surface area (Å²) in [6, 6.07) is 4.26. The molecule has 16 nitrogen and oxygen atoms in total. The smallest absolute Gasteiger partial charge is 0.408 e. The fourth-order valence-electron chi connectivity index (χ4n) is 8.87. The predicted octanol–water partition coefficient (Wildman–Crippen LogP) is 5.22. The third kappa shape index (κ3) is 12.0. The van der Waals surface area contributed by atoms with Crippen LogP contribution < -0.4 is 10.6 Å². The Hall–Kier alpha value is -4.38. The molecular weight excluding hydrogens is 789 g/mol. The average Bonchev–Trinajstić information content (AvgIpc) is 3.52. The molecule has 340 valence electrons. The Bertz CT molecular complexity index is 1740. The number of esters is 2. The summed E-state index contributed by atoms with van der Waals surface area (Å²) in [6.45, 7) is 16.9. The minimum atomic E-state index is -1.72. The molecule has 0 bridgehead atoms. The molecule has 0 spiro atoms. The summed E-state index contributed by atoms with van der Waals surface area (Å²) in [7, 11) is 3.67. The molecule has 3 aliphatic rings. The predicted molar refractivity (Wildman–Crippen MR) is 226 cm³/mol. The number of hydrogen-bond acceptors (Lipinski definition) is 14. The minimum absolute atomic E-state index is 0.0661. The van der Waals surface area contributed by atoms with E-state index in [2.05, 4.69) is 15.6 Å². The van der Waals surface area contributed by atoms with Crippen LogP contribution in [-0.4, -0.2) is 126 Å². The quantitative estimate of drug-likeness (QED) is 0.149. The van der Waals surface area contributed by atoms with E-state index in [1.54, 1.807) is 86.7 Å². The number of pyridine rings is 1. The lowest BCUT2D eigenvalue weighted by Crippen LogP contribution is -2.61. The molecule has 14 atom stereocenters. The van der Waals surface area contributed by atoms with Gasteiger partial charge in [-0.05, 0) is 79.3 Å². The first-order valence-electron chi connectivity index (χ1n) is 21.4. The van der Waals surface area contributed by atoms with E-state index in [-0.39, 0.29) is 37.3 Å². The summed E-state index contributed by atoms with van der Waals surface area (Å²) in [5.41, 5.74) is -2.41. The van der Waals surface area contributed by atoms with Crippen molar-refractivity contribution in [2.45, 2.75) is 149 Å². The van der Waals surface area contributed by atoms with E-state index in [1.807, 2.05) is 50.2 Å². The first-order valence-corrected chi connectivity index (χ1v) is 21.4. The Kier molecular flexibility index (Phi) is 17.1. The molecule has 16 heteroatoms. The van der Waals surface area contributed by atoms with E-state index in [1.165, 1.54) is 0 Å². The maximum absolute atomic E-state index is 14.6. The number of aliphatic hydroxyl groups excluding tert-OH is 1. The Morgan fingerprint density at radius 1 is 1.08 bits per heavy atom. The molecule has 1 aromatic heterocycles. The van der Waals surface area contributed by atoms with Crippen LogP contribution in [0.4, 0.5) is 9.59 Å². The van der Waals surface area contributed by atoms with Crippen molar-refractivity contribution in [3.63, 3.8) is 0 Å². The van der Waals surface area contributed by atoms with Crippen LogP contribution in [0.1, 0.15) is 94.2 Å². The lowest BCUT2D eigenvalue weighted by molar-refractivity contribution is -0.298. The van der Waals surface area contributed by atoms with Gasteiger partial charge in [0.15, 0.2) is 11.9 Å². The summed E-state index contributed by atoms with van der Waals surface area (Å²) in [5, 5.41) is 17.3. The average molecular weight is 857 g/mol. The number of rotatable bonds is 11. The Balaban J connectivity index is 1.84. The SMILES string of the molecule is CC[C@H]1OC(=O)[C@H](C)[C@@H](OC(=O)C(C)C)[C@H](C)[C@@H](O[C@@H]2O[C@H](C)C[C@H](N(C)C)[C@H]2O)[C@](C)(OC(=O)NC/C=C/C=C/c2ccccn2)C[C@@H](C)C(=O)[C@H](C)[C@H]2NC(=O)O[C@@]21C. The number of cyclic esters (lactones) is 1. The van der Waals surface area contributed by atoms with Crippen molar-refractivity contribution in [3.8, 4) is 0 Å². The lowest BCUT2D eigenvalue weighted by atomic mass is 9.73. The van der Waals surface area contributed by atoms with Gasteiger partial charge in [-0.1, -0.05) is 65.8 Å². The van der Waals surface area contributed by atoms with Crippen molar-refractivity contribution in [2.75, 3.05) is 20.6 Å². The molecule has 0 aromatic carbocycles. The molecule has 0 radical (unpaired) electrons. The summed E-state index contributed by atoms with van der Waals surface area (Å²) in [4.78, 5) is 75.3. The number of alkyl carbamates (subject to hydrolysis) is 2. The highest BCUT2D eigenvalue weighted by atomic mass is 16.7. The van der Waals surface area contributed by atoms with Gasteiger partial charge < -0.3 is 49.1 Å². The molecule has 4 rings (SSSR count). The zero-order valence-electron chi connectivity index (χ0n) is 37.8. The summed E-state index contributed by atoms with van der Waals surface area (Å²) >= 11 is 0. The third-order valence-corrected chi connectivity index (χ3v) is 12.3. The van der Waals surface area contributed by atoms with Crippen LogP contribution >= 0.6 is 0 Å². The molecular formula is C45H68N4O12.